The van der Waals surface area contributed by atoms with Crippen LogP contribution in [0.4, 0.5) is 5.82 Å². The second-order valence-corrected chi connectivity index (χ2v) is 3.49. The summed E-state index contributed by atoms with van der Waals surface area (Å²) in [5.74, 6) is 0.632. The van der Waals surface area contributed by atoms with Gasteiger partial charge in [-0.3, -0.25) is 4.68 Å². The van der Waals surface area contributed by atoms with Crippen molar-refractivity contribution in [3.05, 3.63) is 11.8 Å². The predicted molar refractivity (Wildman–Crippen MR) is 55.5 cm³/mol. The van der Waals surface area contributed by atoms with Crippen LogP contribution in [0, 0.1) is 6.92 Å². The van der Waals surface area contributed by atoms with E-state index in [9.17, 15) is 0 Å². The fourth-order valence-corrected chi connectivity index (χ4v) is 1.45. The van der Waals surface area contributed by atoms with Crippen LogP contribution in [0.3, 0.4) is 0 Å². The Hall–Kier alpha value is -0.990. The van der Waals surface area contributed by atoms with Crippen molar-refractivity contribution in [1.82, 2.24) is 9.78 Å². The molecule has 13 heavy (non-hydrogen) atoms. The number of nitrogen functional groups attached to an aromatic ring is 1. The number of anilines is 1. The largest absolute Gasteiger partial charge is 0.382 e. The van der Waals surface area contributed by atoms with E-state index in [0.29, 0.717) is 5.82 Å². The molecule has 0 atom stereocenters. The minimum atomic E-state index is 0.632. The Morgan fingerprint density at radius 3 is 2.69 bits per heavy atom. The number of aromatic nitrogens is 2. The molecule has 1 aromatic rings. The lowest BCUT2D eigenvalue weighted by Gasteiger charge is -2.02. The lowest BCUT2D eigenvalue weighted by molar-refractivity contribution is 0.533. The number of hydrogen-bond acceptors (Lipinski definition) is 2. The first kappa shape index (κ1) is 10.1. The topological polar surface area (TPSA) is 43.8 Å². The van der Waals surface area contributed by atoms with Crippen molar-refractivity contribution < 1.29 is 0 Å². The minimum Gasteiger partial charge on any atom is -0.382 e. The van der Waals surface area contributed by atoms with Crippen LogP contribution in [0.15, 0.2) is 6.07 Å². The van der Waals surface area contributed by atoms with Gasteiger partial charge in [-0.2, -0.15) is 5.10 Å². The summed E-state index contributed by atoms with van der Waals surface area (Å²) in [5.41, 5.74) is 6.74. The van der Waals surface area contributed by atoms with Gasteiger partial charge in [-0.05, 0) is 13.3 Å². The van der Waals surface area contributed by atoms with Crippen molar-refractivity contribution >= 4 is 5.82 Å². The number of nitrogens with two attached hydrogens (primary N) is 1. The molecule has 0 fully saturated rings. The molecule has 0 bridgehead atoms. The molecule has 0 unspecified atom stereocenters. The maximum absolute atomic E-state index is 5.58. The first-order valence-electron chi connectivity index (χ1n) is 5.04. The van der Waals surface area contributed by atoms with Crippen LogP contribution < -0.4 is 5.73 Å². The number of aryl methyl sites for hydroxylation is 2. The molecular formula is C10H19N3. The zero-order valence-electron chi connectivity index (χ0n) is 8.58. The average Bonchev–Trinajstić information content (AvgIpc) is 2.39. The first-order valence-corrected chi connectivity index (χ1v) is 5.04. The Labute approximate surface area is 79.9 Å². The second kappa shape index (κ2) is 4.90. The molecule has 0 aliphatic carbocycles. The molecule has 2 N–H and O–H groups in total. The highest BCUT2D eigenvalue weighted by Gasteiger charge is 1.99. The molecule has 0 aliphatic heterocycles. The fourth-order valence-electron chi connectivity index (χ4n) is 1.45. The van der Waals surface area contributed by atoms with Gasteiger partial charge in [0.25, 0.3) is 0 Å². The van der Waals surface area contributed by atoms with Crippen LogP contribution in [0.2, 0.25) is 0 Å². The maximum atomic E-state index is 5.58. The third-order valence-corrected chi connectivity index (χ3v) is 2.22. The quantitative estimate of drug-likeness (QED) is 0.709. The van der Waals surface area contributed by atoms with Crippen LogP contribution in [0.25, 0.3) is 0 Å². The average molecular weight is 181 g/mol. The minimum absolute atomic E-state index is 0.632. The summed E-state index contributed by atoms with van der Waals surface area (Å²) >= 11 is 0. The van der Waals surface area contributed by atoms with Gasteiger partial charge in [0.1, 0.15) is 5.82 Å². The summed E-state index contributed by atoms with van der Waals surface area (Å²) < 4.78 is 1.99. The van der Waals surface area contributed by atoms with Gasteiger partial charge < -0.3 is 5.73 Å². The van der Waals surface area contributed by atoms with E-state index in [1.807, 2.05) is 17.7 Å². The summed E-state index contributed by atoms with van der Waals surface area (Å²) in [6, 6.07) is 1.92. The van der Waals surface area contributed by atoms with Gasteiger partial charge >= 0.3 is 0 Å². The smallest absolute Gasteiger partial charge is 0.145 e. The van der Waals surface area contributed by atoms with Gasteiger partial charge in [-0.25, -0.2) is 0 Å². The van der Waals surface area contributed by atoms with Gasteiger partial charge in [0.15, 0.2) is 0 Å². The Kier molecular flexibility index (Phi) is 3.80. The summed E-state index contributed by atoms with van der Waals surface area (Å²) in [5, 5.41) is 4.20. The number of nitrogens with zero attached hydrogens (tertiary/aromatic N) is 2. The predicted octanol–water partition coefficient (Wildman–Crippen LogP) is 2.35. The SMILES string of the molecule is CCCCCCn1nc(N)cc1C. The monoisotopic (exact) mass is 181 g/mol. The van der Waals surface area contributed by atoms with Gasteiger partial charge in [-0.15, -0.1) is 0 Å². The highest BCUT2D eigenvalue weighted by atomic mass is 15.3. The van der Waals surface area contributed by atoms with Crippen molar-refractivity contribution in [2.24, 2.45) is 0 Å². The van der Waals surface area contributed by atoms with E-state index in [4.69, 9.17) is 5.73 Å². The second-order valence-electron chi connectivity index (χ2n) is 3.49. The Morgan fingerprint density at radius 2 is 2.15 bits per heavy atom. The molecule has 0 aromatic carbocycles. The molecule has 1 rings (SSSR count). The van der Waals surface area contributed by atoms with E-state index in [1.165, 1.54) is 25.7 Å². The summed E-state index contributed by atoms with van der Waals surface area (Å²) in [6.07, 6.45) is 5.08. The van der Waals surface area contributed by atoms with E-state index in [0.717, 1.165) is 12.2 Å². The van der Waals surface area contributed by atoms with Crippen LogP contribution >= 0.6 is 0 Å². The third kappa shape index (κ3) is 3.09. The van der Waals surface area contributed by atoms with Crippen LogP contribution in [0.1, 0.15) is 38.3 Å². The first-order chi connectivity index (χ1) is 6.24. The Balaban J connectivity index is 2.32. The number of hydrogen-bond donors (Lipinski definition) is 1. The summed E-state index contributed by atoms with van der Waals surface area (Å²) in [7, 11) is 0. The van der Waals surface area contributed by atoms with E-state index in [2.05, 4.69) is 12.0 Å². The fraction of sp³-hybridized carbons (Fsp3) is 0.700. The molecular weight excluding hydrogens is 162 g/mol. The lowest BCUT2D eigenvalue weighted by Crippen LogP contribution is -2.02. The maximum Gasteiger partial charge on any atom is 0.145 e. The zero-order chi connectivity index (χ0) is 9.68. The molecule has 3 nitrogen and oxygen atoms in total. The van der Waals surface area contributed by atoms with Crippen LogP contribution in [0.5, 0.6) is 0 Å². The Morgan fingerprint density at radius 1 is 1.38 bits per heavy atom. The zero-order valence-corrected chi connectivity index (χ0v) is 8.58. The molecule has 0 aliphatic rings. The lowest BCUT2D eigenvalue weighted by atomic mass is 10.2. The van der Waals surface area contributed by atoms with Crippen molar-refractivity contribution in [1.29, 1.82) is 0 Å². The Bertz CT molecular complexity index is 253. The van der Waals surface area contributed by atoms with Gasteiger partial charge in [0, 0.05) is 18.3 Å². The molecule has 74 valence electrons. The van der Waals surface area contributed by atoms with E-state index >= 15 is 0 Å². The molecule has 0 radical (unpaired) electrons. The van der Waals surface area contributed by atoms with E-state index < -0.39 is 0 Å². The highest BCUT2D eigenvalue weighted by Crippen LogP contribution is 2.07. The van der Waals surface area contributed by atoms with Crippen LogP contribution in [-0.2, 0) is 6.54 Å². The normalized spacial score (nSPS) is 10.6. The van der Waals surface area contributed by atoms with Crippen molar-refractivity contribution in [2.75, 3.05) is 5.73 Å². The van der Waals surface area contributed by atoms with Gasteiger partial charge in [0.05, 0.1) is 0 Å². The molecule has 0 amide bonds. The molecule has 3 heteroatoms. The van der Waals surface area contributed by atoms with Crippen LogP contribution in [-0.4, -0.2) is 9.78 Å². The summed E-state index contributed by atoms with van der Waals surface area (Å²) in [4.78, 5) is 0. The van der Waals surface area contributed by atoms with Gasteiger partial charge in [0.2, 0.25) is 0 Å². The molecule has 1 heterocycles. The molecule has 0 spiro atoms. The van der Waals surface area contributed by atoms with E-state index in [1.54, 1.807) is 0 Å². The van der Waals surface area contributed by atoms with Crippen molar-refractivity contribution in [2.45, 2.75) is 46.1 Å². The van der Waals surface area contributed by atoms with Gasteiger partial charge in [-0.1, -0.05) is 26.2 Å². The molecule has 0 saturated heterocycles. The highest BCUT2D eigenvalue weighted by molar-refractivity contribution is 5.28. The van der Waals surface area contributed by atoms with Crippen molar-refractivity contribution in [3.8, 4) is 0 Å². The third-order valence-electron chi connectivity index (χ3n) is 2.22. The van der Waals surface area contributed by atoms with Crippen molar-refractivity contribution in [3.63, 3.8) is 0 Å². The standard InChI is InChI=1S/C10H19N3/c1-3-4-5-6-7-13-9(2)8-10(11)12-13/h8H,3-7H2,1-2H3,(H2,11,12). The van der Waals surface area contributed by atoms with E-state index in [-0.39, 0.29) is 0 Å². The number of rotatable bonds is 5. The summed E-state index contributed by atoms with van der Waals surface area (Å²) in [6.45, 7) is 5.27. The number of unbranched alkanes of at least 4 members (excludes halogenated alkanes) is 3. The molecule has 0 saturated carbocycles. The molecule has 1 aromatic heterocycles.